The predicted molar refractivity (Wildman–Crippen MR) is 92.1 cm³/mol. The zero-order valence-electron chi connectivity index (χ0n) is 12.7. The van der Waals surface area contributed by atoms with Crippen molar-refractivity contribution in [3.8, 4) is 22.4 Å². The normalized spacial score (nSPS) is 10.5. The molecule has 2 aromatic carbocycles. The molecule has 0 fully saturated rings. The molecule has 0 aliphatic heterocycles. The molecular weight excluding hydrogens is 289 g/mol. The second-order valence-corrected chi connectivity index (χ2v) is 5.35. The van der Waals surface area contributed by atoms with E-state index in [2.05, 4.69) is 4.98 Å². The molecule has 1 heterocycles. The van der Waals surface area contributed by atoms with E-state index in [1.807, 2.05) is 30.3 Å². The van der Waals surface area contributed by atoms with Gasteiger partial charge in [0.2, 0.25) is 0 Å². The molecule has 0 saturated carbocycles. The van der Waals surface area contributed by atoms with Crippen LogP contribution >= 0.6 is 0 Å². The number of anilines is 1. The molecule has 0 aliphatic rings. The van der Waals surface area contributed by atoms with E-state index < -0.39 is 0 Å². The Bertz CT molecular complexity index is 888. The molecule has 0 atom stereocenters. The summed E-state index contributed by atoms with van der Waals surface area (Å²) in [6.07, 6.45) is 2.94. The lowest BCUT2D eigenvalue weighted by Gasteiger charge is -2.11. The Morgan fingerprint density at radius 3 is 2.57 bits per heavy atom. The first-order chi connectivity index (χ1) is 11.1. The standard InChI is InChI=1S/C19H16FN3/c1-12-9-14(6-7-17(12)20)19-16(3-2-8-23-19)13-4-5-15(11-21)18(22)10-13/h2-11,21H,22H2,1H3. The molecule has 0 saturated heterocycles. The topological polar surface area (TPSA) is 62.8 Å². The minimum absolute atomic E-state index is 0.231. The largest absolute Gasteiger partial charge is 0.398 e. The Balaban J connectivity index is 2.16. The highest BCUT2D eigenvalue weighted by molar-refractivity contribution is 5.89. The number of aryl methyl sites for hydroxylation is 1. The highest BCUT2D eigenvalue weighted by atomic mass is 19.1. The zero-order valence-corrected chi connectivity index (χ0v) is 12.7. The van der Waals surface area contributed by atoms with Crippen molar-refractivity contribution in [1.29, 1.82) is 5.41 Å². The van der Waals surface area contributed by atoms with Gasteiger partial charge in [0.1, 0.15) is 5.82 Å². The Labute approximate surface area is 134 Å². The number of hydrogen-bond acceptors (Lipinski definition) is 3. The first-order valence-electron chi connectivity index (χ1n) is 7.22. The first-order valence-corrected chi connectivity index (χ1v) is 7.22. The van der Waals surface area contributed by atoms with Crippen LogP contribution < -0.4 is 5.73 Å². The molecule has 0 amide bonds. The van der Waals surface area contributed by atoms with Crippen LogP contribution in [0, 0.1) is 18.2 Å². The van der Waals surface area contributed by atoms with Gasteiger partial charge in [-0.25, -0.2) is 4.39 Å². The maximum absolute atomic E-state index is 13.5. The van der Waals surface area contributed by atoms with Crippen LogP contribution in [-0.4, -0.2) is 11.2 Å². The number of hydrogen-bond donors (Lipinski definition) is 2. The summed E-state index contributed by atoms with van der Waals surface area (Å²) in [6.45, 7) is 1.73. The van der Waals surface area contributed by atoms with E-state index in [-0.39, 0.29) is 5.82 Å². The predicted octanol–water partition coefficient (Wildman–Crippen LogP) is 4.44. The lowest BCUT2D eigenvalue weighted by atomic mass is 9.97. The molecule has 4 heteroatoms. The number of nitrogen functional groups attached to an aromatic ring is 1. The van der Waals surface area contributed by atoms with Gasteiger partial charge in [-0.15, -0.1) is 0 Å². The van der Waals surface area contributed by atoms with Gasteiger partial charge in [-0.3, -0.25) is 4.98 Å². The van der Waals surface area contributed by atoms with Gasteiger partial charge >= 0.3 is 0 Å². The number of nitrogens with zero attached hydrogens (tertiary/aromatic N) is 1. The first kappa shape index (κ1) is 14.9. The van der Waals surface area contributed by atoms with Crippen molar-refractivity contribution in [2.75, 3.05) is 5.73 Å². The molecule has 3 nitrogen and oxygen atoms in total. The van der Waals surface area contributed by atoms with E-state index in [0.29, 0.717) is 16.8 Å². The minimum Gasteiger partial charge on any atom is -0.398 e. The van der Waals surface area contributed by atoms with Gasteiger partial charge in [-0.1, -0.05) is 18.2 Å². The average Bonchev–Trinajstić information content (AvgIpc) is 2.57. The van der Waals surface area contributed by atoms with Gasteiger partial charge in [0, 0.05) is 34.8 Å². The average molecular weight is 305 g/mol. The molecule has 0 spiro atoms. The summed E-state index contributed by atoms with van der Waals surface area (Å²) < 4.78 is 13.5. The Morgan fingerprint density at radius 1 is 1.09 bits per heavy atom. The minimum atomic E-state index is -0.231. The number of halogens is 1. The van der Waals surface area contributed by atoms with Crippen molar-refractivity contribution in [3.05, 3.63) is 71.7 Å². The van der Waals surface area contributed by atoms with Crippen LogP contribution in [-0.2, 0) is 0 Å². The highest BCUT2D eigenvalue weighted by Gasteiger charge is 2.11. The van der Waals surface area contributed by atoms with Gasteiger partial charge in [0.15, 0.2) is 0 Å². The highest BCUT2D eigenvalue weighted by Crippen LogP contribution is 2.32. The number of aromatic nitrogens is 1. The lowest BCUT2D eigenvalue weighted by Crippen LogP contribution is -1.95. The third-order valence-electron chi connectivity index (χ3n) is 3.79. The molecule has 114 valence electrons. The Kier molecular flexibility index (Phi) is 3.89. The van der Waals surface area contributed by atoms with Gasteiger partial charge < -0.3 is 11.1 Å². The second-order valence-electron chi connectivity index (χ2n) is 5.35. The van der Waals surface area contributed by atoms with Crippen molar-refractivity contribution >= 4 is 11.9 Å². The summed E-state index contributed by atoms with van der Waals surface area (Å²) in [5.41, 5.74) is 11.2. The van der Waals surface area contributed by atoms with Crippen molar-refractivity contribution in [1.82, 2.24) is 4.98 Å². The van der Waals surface area contributed by atoms with E-state index in [1.165, 1.54) is 12.3 Å². The second kappa shape index (κ2) is 6.01. The molecule has 0 radical (unpaired) electrons. The van der Waals surface area contributed by atoms with Crippen LogP contribution in [0.5, 0.6) is 0 Å². The van der Waals surface area contributed by atoms with Gasteiger partial charge in [-0.2, -0.15) is 0 Å². The molecule has 0 aliphatic carbocycles. The SMILES string of the molecule is Cc1cc(-c2ncccc2-c2ccc(C=N)c(N)c2)ccc1F. The smallest absolute Gasteiger partial charge is 0.126 e. The van der Waals surface area contributed by atoms with Crippen molar-refractivity contribution in [2.45, 2.75) is 6.92 Å². The summed E-state index contributed by atoms with van der Waals surface area (Å²) in [5, 5.41) is 7.33. The fourth-order valence-corrected chi connectivity index (χ4v) is 2.53. The van der Waals surface area contributed by atoms with Crippen molar-refractivity contribution < 1.29 is 4.39 Å². The molecule has 1 aromatic heterocycles. The number of pyridine rings is 1. The summed E-state index contributed by atoms with van der Waals surface area (Å²) >= 11 is 0. The summed E-state index contributed by atoms with van der Waals surface area (Å²) in [7, 11) is 0. The van der Waals surface area contributed by atoms with E-state index in [9.17, 15) is 4.39 Å². The molecule has 0 unspecified atom stereocenters. The van der Waals surface area contributed by atoms with E-state index in [4.69, 9.17) is 11.1 Å². The van der Waals surface area contributed by atoms with Gasteiger partial charge in [0.25, 0.3) is 0 Å². The van der Waals surface area contributed by atoms with E-state index in [0.717, 1.165) is 22.4 Å². The third-order valence-corrected chi connectivity index (χ3v) is 3.79. The number of nitrogens with one attached hydrogen (secondary N) is 1. The van der Waals surface area contributed by atoms with Crippen molar-refractivity contribution in [3.63, 3.8) is 0 Å². The van der Waals surface area contributed by atoms with Crippen LogP contribution in [0.15, 0.2) is 54.7 Å². The zero-order chi connectivity index (χ0) is 16.4. The Hall–Kier alpha value is -3.01. The lowest BCUT2D eigenvalue weighted by molar-refractivity contribution is 0.619. The molecule has 3 rings (SSSR count). The molecule has 23 heavy (non-hydrogen) atoms. The van der Waals surface area contributed by atoms with Crippen LogP contribution in [0.3, 0.4) is 0 Å². The summed E-state index contributed by atoms with van der Waals surface area (Å²) in [6, 6.07) is 14.3. The fourth-order valence-electron chi connectivity index (χ4n) is 2.53. The fraction of sp³-hybridized carbons (Fsp3) is 0.0526. The maximum atomic E-state index is 13.5. The molecule has 0 bridgehead atoms. The van der Waals surface area contributed by atoms with Crippen LogP contribution in [0.1, 0.15) is 11.1 Å². The van der Waals surface area contributed by atoms with Crippen LogP contribution in [0.4, 0.5) is 10.1 Å². The monoisotopic (exact) mass is 305 g/mol. The van der Waals surface area contributed by atoms with Gasteiger partial charge in [0.05, 0.1) is 5.69 Å². The van der Waals surface area contributed by atoms with Gasteiger partial charge in [-0.05, 0) is 48.4 Å². The van der Waals surface area contributed by atoms with Crippen molar-refractivity contribution in [2.24, 2.45) is 0 Å². The number of rotatable bonds is 3. The van der Waals surface area contributed by atoms with E-state index in [1.54, 1.807) is 25.3 Å². The number of nitrogens with two attached hydrogens (primary N) is 1. The molecule has 3 aromatic rings. The third kappa shape index (κ3) is 2.83. The summed E-state index contributed by atoms with van der Waals surface area (Å²) in [5.74, 6) is -0.231. The number of benzene rings is 2. The van der Waals surface area contributed by atoms with Crippen LogP contribution in [0.25, 0.3) is 22.4 Å². The van der Waals surface area contributed by atoms with E-state index >= 15 is 0 Å². The summed E-state index contributed by atoms with van der Waals surface area (Å²) in [4.78, 5) is 4.46. The van der Waals surface area contributed by atoms with Crippen LogP contribution in [0.2, 0.25) is 0 Å². The molecular formula is C19H16FN3. The maximum Gasteiger partial charge on any atom is 0.126 e. The Morgan fingerprint density at radius 2 is 1.87 bits per heavy atom. The quantitative estimate of drug-likeness (QED) is 0.555. The molecule has 3 N–H and O–H groups in total.